The van der Waals surface area contributed by atoms with Gasteiger partial charge in [0.05, 0.1) is 12.8 Å². The highest BCUT2D eigenvalue weighted by atomic mass is 16.5. The molecule has 0 heterocycles. The zero-order valence-electron chi connectivity index (χ0n) is 16.1. The number of hydrogen-bond acceptors (Lipinski definition) is 4. The summed E-state index contributed by atoms with van der Waals surface area (Å²) < 4.78 is 10.8. The summed E-state index contributed by atoms with van der Waals surface area (Å²) in [5.74, 6) is 0.795. The molecule has 1 fully saturated rings. The molecule has 1 aliphatic rings. The monoisotopic (exact) mass is 382 g/mol. The predicted molar refractivity (Wildman–Crippen MR) is 108 cm³/mol. The first-order chi connectivity index (χ1) is 13.7. The van der Waals surface area contributed by atoms with Crippen molar-refractivity contribution in [2.75, 3.05) is 19.0 Å². The van der Waals surface area contributed by atoms with Gasteiger partial charge in [-0.25, -0.2) is 0 Å². The van der Waals surface area contributed by atoms with Crippen molar-refractivity contribution in [1.29, 1.82) is 0 Å². The van der Waals surface area contributed by atoms with Crippen molar-refractivity contribution >= 4 is 17.5 Å². The minimum Gasteiger partial charge on any atom is -0.495 e. The van der Waals surface area contributed by atoms with Gasteiger partial charge < -0.3 is 20.1 Å². The van der Waals surface area contributed by atoms with Crippen LogP contribution in [0.5, 0.6) is 11.5 Å². The lowest BCUT2D eigenvalue weighted by molar-refractivity contribution is -0.124. The number of carbonyl (C=O) groups excluding carboxylic acids is 2. The summed E-state index contributed by atoms with van der Waals surface area (Å²) in [6, 6.07) is 14.2. The van der Waals surface area contributed by atoms with Crippen LogP contribution in [0.15, 0.2) is 48.5 Å². The fourth-order valence-corrected chi connectivity index (χ4v) is 3.31. The van der Waals surface area contributed by atoms with Gasteiger partial charge in [0.25, 0.3) is 11.8 Å². The number of amides is 2. The largest absolute Gasteiger partial charge is 0.495 e. The Hall–Kier alpha value is -3.02. The standard InChI is InChI=1S/C22H26N2O4/c1-27-20-10-6-5-9-19(20)24-22(26)16-11-13-18(14-12-16)28-15-21(25)23-17-7-3-2-4-8-17/h5-6,9-14,17H,2-4,7-8,15H2,1H3,(H,23,25)(H,24,26). The van der Waals surface area contributed by atoms with E-state index in [0.717, 1.165) is 12.8 Å². The lowest BCUT2D eigenvalue weighted by atomic mass is 9.95. The molecular weight excluding hydrogens is 356 g/mol. The molecule has 0 radical (unpaired) electrons. The van der Waals surface area contributed by atoms with Crippen molar-refractivity contribution in [3.05, 3.63) is 54.1 Å². The van der Waals surface area contributed by atoms with E-state index in [0.29, 0.717) is 22.7 Å². The van der Waals surface area contributed by atoms with E-state index in [-0.39, 0.29) is 24.5 Å². The molecule has 2 amide bonds. The van der Waals surface area contributed by atoms with Crippen LogP contribution in [0, 0.1) is 0 Å². The van der Waals surface area contributed by atoms with Crippen LogP contribution in [0.2, 0.25) is 0 Å². The van der Waals surface area contributed by atoms with Gasteiger partial charge >= 0.3 is 0 Å². The normalized spacial score (nSPS) is 14.2. The highest BCUT2D eigenvalue weighted by Crippen LogP contribution is 2.24. The number of ether oxygens (including phenoxy) is 2. The van der Waals surface area contributed by atoms with E-state index in [1.54, 1.807) is 43.5 Å². The fraction of sp³-hybridized carbons (Fsp3) is 0.364. The SMILES string of the molecule is COc1ccccc1NC(=O)c1ccc(OCC(=O)NC2CCCCC2)cc1. The van der Waals surface area contributed by atoms with E-state index in [4.69, 9.17) is 9.47 Å². The van der Waals surface area contributed by atoms with Gasteiger partial charge in [0, 0.05) is 11.6 Å². The average molecular weight is 382 g/mol. The van der Waals surface area contributed by atoms with Crippen LogP contribution >= 0.6 is 0 Å². The van der Waals surface area contributed by atoms with Gasteiger partial charge in [-0.2, -0.15) is 0 Å². The summed E-state index contributed by atoms with van der Waals surface area (Å²) in [6.07, 6.45) is 5.68. The van der Waals surface area contributed by atoms with Crippen LogP contribution in [-0.4, -0.2) is 31.6 Å². The summed E-state index contributed by atoms with van der Waals surface area (Å²) >= 11 is 0. The zero-order chi connectivity index (χ0) is 19.8. The molecule has 2 aromatic carbocycles. The summed E-state index contributed by atoms with van der Waals surface area (Å²) in [7, 11) is 1.56. The van der Waals surface area contributed by atoms with Gasteiger partial charge in [0.2, 0.25) is 0 Å². The molecule has 6 heteroatoms. The Morgan fingerprint density at radius 2 is 1.71 bits per heavy atom. The highest BCUT2D eigenvalue weighted by Gasteiger charge is 2.16. The summed E-state index contributed by atoms with van der Waals surface area (Å²) in [5.41, 5.74) is 1.10. The second kappa shape index (κ2) is 9.78. The van der Waals surface area contributed by atoms with E-state index in [1.165, 1.54) is 19.3 Å². The lowest BCUT2D eigenvalue weighted by Gasteiger charge is -2.22. The van der Waals surface area contributed by atoms with Gasteiger partial charge in [0.15, 0.2) is 6.61 Å². The molecule has 2 N–H and O–H groups in total. The zero-order valence-corrected chi connectivity index (χ0v) is 16.1. The Labute approximate surface area is 165 Å². The van der Waals surface area contributed by atoms with Crippen molar-refractivity contribution in [2.24, 2.45) is 0 Å². The van der Waals surface area contributed by atoms with E-state index < -0.39 is 0 Å². The minimum atomic E-state index is -0.244. The second-order valence-electron chi connectivity index (χ2n) is 6.87. The Morgan fingerprint density at radius 3 is 2.43 bits per heavy atom. The first kappa shape index (κ1) is 19.7. The molecule has 0 aliphatic heterocycles. The molecular formula is C22H26N2O4. The Balaban J connectivity index is 1.50. The highest BCUT2D eigenvalue weighted by molar-refractivity contribution is 6.05. The molecule has 2 aromatic rings. The maximum absolute atomic E-state index is 12.4. The Kier molecular flexibility index (Phi) is 6.89. The number of methoxy groups -OCH3 is 1. The molecule has 0 saturated heterocycles. The number of benzene rings is 2. The minimum absolute atomic E-state index is 0.0245. The van der Waals surface area contributed by atoms with Crippen LogP contribution in [0.4, 0.5) is 5.69 Å². The number of anilines is 1. The smallest absolute Gasteiger partial charge is 0.258 e. The summed E-state index contributed by atoms with van der Waals surface area (Å²) in [6.45, 7) is -0.0245. The van der Waals surface area contributed by atoms with Crippen molar-refractivity contribution in [2.45, 2.75) is 38.1 Å². The summed E-state index contributed by atoms with van der Waals surface area (Å²) in [4.78, 5) is 24.4. The predicted octanol–water partition coefficient (Wildman–Crippen LogP) is 3.78. The molecule has 6 nitrogen and oxygen atoms in total. The van der Waals surface area contributed by atoms with Gasteiger partial charge in [-0.05, 0) is 49.2 Å². The maximum Gasteiger partial charge on any atom is 0.258 e. The first-order valence-corrected chi connectivity index (χ1v) is 9.62. The van der Waals surface area contributed by atoms with Crippen molar-refractivity contribution in [3.8, 4) is 11.5 Å². The van der Waals surface area contributed by atoms with Crippen molar-refractivity contribution < 1.29 is 19.1 Å². The van der Waals surface area contributed by atoms with Gasteiger partial charge in [-0.1, -0.05) is 31.4 Å². The quantitative estimate of drug-likeness (QED) is 0.764. The van der Waals surface area contributed by atoms with Crippen LogP contribution in [0.3, 0.4) is 0 Å². The molecule has 0 bridgehead atoms. The average Bonchev–Trinajstić information content (AvgIpc) is 2.73. The van der Waals surface area contributed by atoms with Crippen LogP contribution < -0.4 is 20.1 Å². The van der Waals surface area contributed by atoms with Crippen LogP contribution in [0.1, 0.15) is 42.5 Å². The number of hydrogen-bond donors (Lipinski definition) is 2. The molecule has 0 atom stereocenters. The third-order valence-corrected chi connectivity index (χ3v) is 4.81. The number of carbonyl (C=O) groups is 2. The third kappa shape index (κ3) is 5.49. The molecule has 3 rings (SSSR count). The molecule has 1 aliphatic carbocycles. The third-order valence-electron chi connectivity index (χ3n) is 4.81. The van der Waals surface area contributed by atoms with E-state index in [2.05, 4.69) is 10.6 Å². The van der Waals surface area contributed by atoms with E-state index in [9.17, 15) is 9.59 Å². The van der Waals surface area contributed by atoms with Crippen molar-refractivity contribution in [1.82, 2.24) is 5.32 Å². The topological polar surface area (TPSA) is 76.7 Å². The molecule has 0 aromatic heterocycles. The Morgan fingerprint density at radius 1 is 1.00 bits per heavy atom. The Bertz CT molecular complexity index is 798. The van der Waals surface area contributed by atoms with Crippen LogP contribution in [-0.2, 0) is 4.79 Å². The number of nitrogens with one attached hydrogen (secondary N) is 2. The van der Waals surface area contributed by atoms with Gasteiger partial charge in [-0.3, -0.25) is 9.59 Å². The lowest BCUT2D eigenvalue weighted by Crippen LogP contribution is -2.38. The van der Waals surface area contributed by atoms with Gasteiger partial charge in [-0.15, -0.1) is 0 Å². The first-order valence-electron chi connectivity index (χ1n) is 9.62. The van der Waals surface area contributed by atoms with Crippen molar-refractivity contribution in [3.63, 3.8) is 0 Å². The molecule has 148 valence electrons. The van der Waals surface area contributed by atoms with Gasteiger partial charge in [0.1, 0.15) is 11.5 Å². The molecule has 0 unspecified atom stereocenters. The van der Waals surface area contributed by atoms with Crippen LogP contribution in [0.25, 0.3) is 0 Å². The van der Waals surface area contributed by atoms with E-state index in [1.807, 2.05) is 12.1 Å². The van der Waals surface area contributed by atoms with E-state index >= 15 is 0 Å². The molecule has 1 saturated carbocycles. The maximum atomic E-state index is 12.4. The number of para-hydroxylation sites is 2. The second-order valence-corrected chi connectivity index (χ2v) is 6.87. The molecule has 28 heavy (non-hydrogen) atoms. The molecule has 0 spiro atoms. The summed E-state index contributed by atoms with van der Waals surface area (Å²) in [5, 5.41) is 5.84. The number of rotatable bonds is 7. The fourth-order valence-electron chi connectivity index (χ4n) is 3.31.